The predicted molar refractivity (Wildman–Crippen MR) is 113 cm³/mol. The number of carbonyl (C=O) groups is 1. The molecule has 150 valence electrons. The van der Waals surface area contributed by atoms with Gasteiger partial charge in [0.25, 0.3) is 0 Å². The maximum atomic E-state index is 13.0. The van der Waals surface area contributed by atoms with Crippen LogP contribution in [0.3, 0.4) is 0 Å². The highest BCUT2D eigenvalue weighted by molar-refractivity contribution is 7.89. The average molecular weight is 482 g/mol. The Hall–Kier alpha value is -1.02. The molecule has 0 aromatic heterocycles. The van der Waals surface area contributed by atoms with Crippen molar-refractivity contribution in [3.8, 4) is 0 Å². The van der Waals surface area contributed by atoms with Gasteiger partial charge in [0.05, 0.1) is 26.7 Å². The fraction of sp³-hybridized carbons (Fsp3) is 0.278. The highest BCUT2D eigenvalue weighted by Crippen LogP contribution is 2.33. The van der Waals surface area contributed by atoms with E-state index in [2.05, 4.69) is 5.32 Å². The fourth-order valence-corrected chi connectivity index (χ4v) is 5.78. The number of sulfonamides is 1. The van der Waals surface area contributed by atoms with Crippen LogP contribution in [-0.4, -0.2) is 31.7 Å². The number of amides is 1. The Morgan fingerprint density at radius 3 is 2.39 bits per heavy atom. The molecule has 1 amide bonds. The first kappa shape index (κ1) is 21.7. The Balaban J connectivity index is 1.80. The quantitative estimate of drug-likeness (QED) is 0.640. The Morgan fingerprint density at radius 2 is 1.71 bits per heavy atom. The molecule has 0 aliphatic carbocycles. The van der Waals surface area contributed by atoms with Crippen LogP contribution in [0.5, 0.6) is 0 Å². The highest BCUT2D eigenvalue weighted by Gasteiger charge is 2.34. The van der Waals surface area contributed by atoms with Crippen LogP contribution in [0.15, 0.2) is 41.3 Å². The Kier molecular flexibility index (Phi) is 6.80. The summed E-state index contributed by atoms with van der Waals surface area (Å²) in [5, 5.41) is 3.68. The molecule has 1 N–H and O–H groups in total. The molecule has 0 saturated carbocycles. The predicted octanol–water partition coefficient (Wildman–Crippen LogP) is 5.34. The minimum Gasteiger partial charge on any atom is -0.323 e. The molecular formula is C18H16Cl4N2O3S. The van der Waals surface area contributed by atoms with Crippen molar-refractivity contribution in [3.05, 3.63) is 56.5 Å². The fourth-order valence-electron chi connectivity index (χ4n) is 3.03. The number of carbonyl (C=O) groups excluding carboxylic acids is 1. The van der Waals surface area contributed by atoms with Crippen LogP contribution >= 0.6 is 46.4 Å². The second-order valence-corrected chi connectivity index (χ2v) is 9.93. The summed E-state index contributed by atoms with van der Waals surface area (Å²) >= 11 is 24.2. The largest absolute Gasteiger partial charge is 0.323 e. The third-order valence-electron chi connectivity index (χ3n) is 4.48. The van der Waals surface area contributed by atoms with Crippen LogP contribution in [0.4, 0.5) is 5.69 Å². The van der Waals surface area contributed by atoms with Gasteiger partial charge >= 0.3 is 0 Å². The van der Waals surface area contributed by atoms with Gasteiger partial charge in [0.15, 0.2) is 0 Å². The summed E-state index contributed by atoms with van der Waals surface area (Å²) in [6.45, 7) is 0.320. The van der Waals surface area contributed by atoms with Crippen molar-refractivity contribution in [3.63, 3.8) is 0 Å². The summed E-state index contributed by atoms with van der Waals surface area (Å²) in [6.07, 6.45) is 1.08. The van der Waals surface area contributed by atoms with E-state index in [0.29, 0.717) is 35.1 Å². The highest BCUT2D eigenvalue weighted by atomic mass is 35.5. The first-order valence-corrected chi connectivity index (χ1v) is 11.4. The summed E-state index contributed by atoms with van der Waals surface area (Å²) in [7, 11) is -3.89. The summed E-state index contributed by atoms with van der Waals surface area (Å²) in [6, 6.07) is 9.16. The maximum absolute atomic E-state index is 13.0. The summed E-state index contributed by atoms with van der Waals surface area (Å²) in [4.78, 5) is 12.6. The molecule has 0 spiro atoms. The van der Waals surface area contributed by atoms with Crippen molar-refractivity contribution in [2.24, 2.45) is 5.92 Å². The molecular weight excluding hydrogens is 466 g/mol. The summed E-state index contributed by atoms with van der Waals surface area (Å²) in [5.41, 5.74) is 0.314. The second kappa shape index (κ2) is 8.78. The lowest BCUT2D eigenvalue weighted by Gasteiger charge is -2.31. The second-order valence-electron chi connectivity index (χ2n) is 6.36. The third kappa shape index (κ3) is 4.58. The lowest BCUT2D eigenvalue weighted by atomic mass is 9.98. The zero-order valence-corrected chi connectivity index (χ0v) is 18.3. The summed E-state index contributed by atoms with van der Waals surface area (Å²) < 4.78 is 27.3. The van der Waals surface area contributed by atoms with Crippen molar-refractivity contribution in [2.75, 3.05) is 18.4 Å². The van der Waals surface area contributed by atoms with Gasteiger partial charge in [-0.1, -0.05) is 52.5 Å². The van der Waals surface area contributed by atoms with Crippen molar-refractivity contribution in [1.82, 2.24) is 4.31 Å². The van der Waals surface area contributed by atoms with Crippen molar-refractivity contribution in [2.45, 2.75) is 17.7 Å². The third-order valence-corrected chi connectivity index (χ3v) is 7.69. The first-order valence-electron chi connectivity index (χ1n) is 8.40. The molecule has 3 rings (SSSR count). The zero-order valence-electron chi connectivity index (χ0n) is 14.5. The minimum atomic E-state index is -3.89. The van der Waals surface area contributed by atoms with E-state index in [4.69, 9.17) is 46.4 Å². The van der Waals surface area contributed by atoms with Crippen LogP contribution in [0, 0.1) is 5.92 Å². The normalized spacial score (nSPS) is 18.1. The molecule has 0 bridgehead atoms. The van der Waals surface area contributed by atoms with Gasteiger partial charge in [0.2, 0.25) is 15.9 Å². The van der Waals surface area contributed by atoms with E-state index < -0.39 is 15.9 Å². The molecule has 2 aromatic carbocycles. The van der Waals surface area contributed by atoms with Gasteiger partial charge in [0.1, 0.15) is 4.90 Å². The number of hydrogen-bond donors (Lipinski definition) is 1. The molecule has 2 aromatic rings. The topological polar surface area (TPSA) is 66.5 Å². The Labute approximate surface area is 183 Å². The number of piperidine rings is 1. The van der Waals surface area contributed by atoms with E-state index in [0.717, 1.165) is 0 Å². The van der Waals surface area contributed by atoms with Crippen LogP contribution in [0.25, 0.3) is 0 Å². The van der Waals surface area contributed by atoms with Gasteiger partial charge in [-0.15, -0.1) is 0 Å². The van der Waals surface area contributed by atoms with E-state index in [-0.39, 0.29) is 27.4 Å². The Bertz CT molecular complexity index is 994. The number of nitrogens with zero attached hydrogens (tertiary/aromatic N) is 1. The van der Waals surface area contributed by atoms with E-state index in [9.17, 15) is 13.2 Å². The maximum Gasteiger partial charge on any atom is 0.244 e. The Morgan fingerprint density at radius 1 is 1.04 bits per heavy atom. The van der Waals surface area contributed by atoms with Crippen LogP contribution in [-0.2, 0) is 14.8 Å². The number of halogens is 4. The van der Waals surface area contributed by atoms with Crippen LogP contribution < -0.4 is 5.32 Å². The molecule has 10 heteroatoms. The number of benzene rings is 2. The molecule has 1 fully saturated rings. The monoisotopic (exact) mass is 480 g/mol. The van der Waals surface area contributed by atoms with Gasteiger partial charge < -0.3 is 5.32 Å². The molecule has 0 radical (unpaired) electrons. The number of hydrogen-bond acceptors (Lipinski definition) is 3. The van der Waals surface area contributed by atoms with Crippen LogP contribution in [0.2, 0.25) is 20.1 Å². The molecule has 1 aliphatic rings. The molecule has 1 aliphatic heterocycles. The number of rotatable bonds is 4. The number of anilines is 1. The van der Waals surface area contributed by atoms with Gasteiger partial charge in [0, 0.05) is 18.1 Å². The standard InChI is InChI=1S/C18H16Cl4N2O3S/c19-12-6-7-13(20)16(9-12)28(26,27)24-8-2-3-11(10-24)18(25)23-17-14(21)4-1-5-15(17)22/h1,4-7,9,11H,2-3,8,10H2,(H,23,25)/t11-/m0/s1. The zero-order chi connectivity index (χ0) is 20.5. The van der Waals surface area contributed by atoms with Crippen molar-refractivity contribution < 1.29 is 13.2 Å². The van der Waals surface area contributed by atoms with E-state index >= 15 is 0 Å². The molecule has 1 atom stereocenters. The summed E-state index contributed by atoms with van der Waals surface area (Å²) in [5.74, 6) is -0.888. The average Bonchev–Trinajstić information content (AvgIpc) is 2.66. The minimum absolute atomic E-state index is 0.0269. The van der Waals surface area contributed by atoms with Gasteiger partial charge in [-0.2, -0.15) is 4.31 Å². The first-order chi connectivity index (χ1) is 13.2. The smallest absolute Gasteiger partial charge is 0.244 e. The van der Waals surface area contributed by atoms with Gasteiger partial charge in [-0.05, 0) is 43.2 Å². The van der Waals surface area contributed by atoms with E-state index in [1.54, 1.807) is 18.2 Å². The lowest BCUT2D eigenvalue weighted by molar-refractivity contribution is -0.120. The van der Waals surface area contributed by atoms with E-state index in [1.165, 1.54) is 22.5 Å². The van der Waals surface area contributed by atoms with Crippen molar-refractivity contribution >= 4 is 68.0 Å². The van der Waals surface area contributed by atoms with Gasteiger partial charge in [-0.3, -0.25) is 4.79 Å². The SMILES string of the molecule is O=C(Nc1c(Cl)cccc1Cl)[C@H]1CCCN(S(=O)(=O)c2cc(Cl)ccc2Cl)C1. The molecule has 1 heterocycles. The van der Waals surface area contributed by atoms with Crippen LogP contribution in [0.1, 0.15) is 12.8 Å². The van der Waals surface area contributed by atoms with Gasteiger partial charge in [-0.25, -0.2) is 8.42 Å². The van der Waals surface area contributed by atoms with E-state index in [1.807, 2.05) is 0 Å². The number of para-hydroxylation sites is 1. The molecule has 1 saturated heterocycles. The number of nitrogens with one attached hydrogen (secondary N) is 1. The molecule has 0 unspecified atom stereocenters. The lowest BCUT2D eigenvalue weighted by Crippen LogP contribution is -2.43. The molecule has 5 nitrogen and oxygen atoms in total. The van der Waals surface area contributed by atoms with Crippen molar-refractivity contribution in [1.29, 1.82) is 0 Å². The molecule has 28 heavy (non-hydrogen) atoms.